The normalized spacial score (nSPS) is 20.3. The summed E-state index contributed by atoms with van der Waals surface area (Å²) < 4.78 is 0. The Morgan fingerprint density at radius 1 is 1.42 bits per heavy atom. The van der Waals surface area contributed by atoms with Crippen LogP contribution in [0.25, 0.3) is 10.4 Å². The number of hydrogen-bond acceptors (Lipinski definition) is 7. The summed E-state index contributed by atoms with van der Waals surface area (Å²) in [6, 6.07) is 7.17. The van der Waals surface area contributed by atoms with Crippen LogP contribution in [0.3, 0.4) is 0 Å². The van der Waals surface area contributed by atoms with Gasteiger partial charge in [-0.05, 0) is 54.8 Å². The van der Waals surface area contributed by atoms with E-state index in [1.165, 1.54) is 0 Å². The van der Waals surface area contributed by atoms with Gasteiger partial charge in [0, 0.05) is 19.1 Å². The second-order valence-electron chi connectivity index (χ2n) is 9.01. The topological polar surface area (TPSA) is 86.7 Å². The predicted molar refractivity (Wildman–Crippen MR) is 124 cm³/mol. The molecule has 8 heteroatoms. The number of hydroxylamine groups is 1. The Morgan fingerprint density at radius 3 is 2.71 bits per heavy atom. The Balaban J connectivity index is 1.60. The van der Waals surface area contributed by atoms with E-state index in [4.69, 9.17) is 4.84 Å². The Bertz CT molecular complexity index is 891. The van der Waals surface area contributed by atoms with Crippen molar-refractivity contribution in [2.45, 2.75) is 52.3 Å². The summed E-state index contributed by atoms with van der Waals surface area (Å²) in [4.78, 5) is 25.8. The number of β-amino-alcohol motifs (C(OH)–C–C–N with tert-alkyl or cyclic N) is 1. The van der Waals surface area contributed by atoms with Crippen molar-refractivity contribution in [2.75, 3.05) is 13.1 Å². The van der Waals surface area contributed by atoms with E-state index in [9.17, 15) is 9.90 Å². The van der Waals surface area contributed by atoms with E-state index in [0.717, 1.165) is 16.1 Å². The molecule has 1 amide bonds. The van der Waals surface area contributed by atoms with Crippen molar-refractivity contribution < 1.29 is 14.7 Å². The lowest BCUT2D eigenvalue weighted by molar-refractivity contribution is -0.132. The fraction of sp³-hybridized carbons (Fsp3) is 0.478. The largest absolute Gasteiger partial charge is 0.392 e. The lowest BCUT2D eigenvalue weighted by Gasteiger charge is -2.35. The van der Waals surface area contributed by atoms with Gasteiger partial charge in [0.05, 0.1) is 28.2 Å². The summed E-state index contributed by atoms with van der Waals surface area (Å²) in [6.07, 6.45) is 1.52. The zero-order valence-corrected chi connectivity index (χ0v) is 19.4. The highest BCUT2D eigenvalue weighted by Crippen LogP contribution is 2.29. The van der Waals surface area contributed by atoms with Crippen molar-refractivity contribution in [3.05, 3.63) is 48.2 Å². The number of thiazole rings is 1. The van der Waals surface area contributed by atoms with E-state index in [1.807, 2.05) is 41.6 Å². The summed E-state index contributed by atoms with van der Waals surface area (Å²) in [6.45, 7) is 13.2. The van der Waals surface area contributed by atoms with Gasteiger partial charge in [0.25, 0.3) is 5.91 Å². The molecule has 1 fully saturated rings. The first-order valence-corrected chi connectivity index (χ1v) is 11.3. The second kappa shape index (κ2) is 9.80. The maximum atomic E-state index is 12.8. The third-order valence-electron chi connectivity index (χ3n) is 5.60. The Hall–Kier alpha value is -2.42. The SMILES string of the molecule is C=CN[C@H](CN1C[C@H](O)C[C@H]1C(=O)NOc1ccc(-c2scnc2C)cc1)C(C)(C)C. The van der Waals surface area contributed by atoms with Gasteiger partial charge in [-0.1, -0.05) is 27.4 Å². The number of carbonyl (C=O) groups is 1. The van der Waals surface area contributed by atoms with Gasteiger partial charge in [-0.2, -0.15) is 5.48 Å². The molecule has 1 saturated heterocycles. The average Bonchev–Trinajstić information content (AvgIpc) is 3.31. The van der Waals surface area contributed by atoms with Gasteiger partial charge < -0.3 is 15.3 Å². The zero-order valence-electron chi connectivity index (χ0n) is 18.6. The fourth-order valence-corrected chi connectivity index (χ4v) is 4.55. The number of nitrogens with zero attached hydrogens (tertiary/aromatic N) is 2. The molecule has 1 aromatic heterocycles. The maximum Gasteiger partial charge on any atom is 0.270 e. The summed E-state index contributed by atoms with van der Waals surface area (Å²) in [5.74, 6) is 0.287. The number of aliphatic hydroxyl groups is 1. The maximum absolute atomic E-state index is 12.8. The summed E-state index contributed by atoms with van der Waals surface area (Å²) in [5, 5.41) is 13.5. The van der Waals surface area contributed by atoms with Crippen LogP contribution in [-0.4, -0.2) is 52.2 Å². The third kappa shape index (κ3) is 5.84. The number of aromatic nitrogens is 1. The smallest absolute Gasteiger partial charge is 0.270 e. The lowest BCUT2D eigenvalue weighted by Crippen LogP contribution is -2.51. The van der Waals surface area contributed by atoms with Crippen molar-refractivity contribution in [2.24, 2.45) is 5.41 Å². The van der Waals surface area contributed by atoms with Crippen molar-refractivity contribution in [1.29, 1.82) is 0 Å². The van der Waals surface area contributed by atoms with Gasteiger partial charge in [-0.25, -0.2) is 4.98 Å². The molecular formula is C23H32N4O3S. The van der Waals surface area contributed by atoms with Crippen LogP contribution in [-0.2, 0) is 4.79 Å². The lowest BCUT2D eigenvalue weighted by atomic mass is 9.86. The van der Waals surface area contributed by atoms with Crippen LogP contribution in [0.4, 0.5) is 0 Å². The van der Waals surface area contributed by atoms with Crippen LogP contribution in [0.5, 0.6) is 5.75 Å². The van der Waals surface area contributed by atoms with Gasteiger partial charge in [0.2, 0.25) is 0 Å². The Labute approximate surface area is 188 Å². The van der Waals surface area contributed by atoms with Gasteiger partial charge in [0.1, 0.15) is 0 Å². The van der Waals surface area contributed by atoms with Crippen molar-refractivity contribution in [3.63, 3.8) is 0 Å². The Morgan fingerprint density at radius 2 is 2.13 bits per heavy atom. The number of benzene rings is 1. The number of aliphatic hydroxyl groups excluding tert-OH is 1. The van der Waals surface area contributed by atoms with Crippen LogP contribution >= 0.6 is 11.3 Å². The number of nitrogens with one attached hydrogen (secondary N) is 2. The molecule has 31 heavy (non-hydrogen) atoms. The predicted octanol–water partition coefficient (Wildman–Crippen LogP) is 3.11. The molecule has 1 aliphatic rings. The highest BCUT2D eigenvalue weighted by molar-refractivity contribution is 7.13. The fourth-order valence-electron chi connectivity index (χ4n) is 3.74. The molecule has 1 aromatic carbocycles. The molecule has 0 saturated carbocycles. The molecule has 3 N–H and O–H groups in total. The summed E-state index contributed by atoms with van der Waals surface area (Å²) in [7, 11) is 0. The Kier molecular flexibility index (Phi) is 7.35. The van der Waals surface area contributed by atoms with Crippen molar-refractivity contribution >= 4 is 17.2 Å². The minimum absolute atomic E-state index is 0.0303. The molecule has 0 spiro atoms. The highest BCUT2D eigenvalue weighted by Gasteiger charge is 2.39. The molecule has 0 bridgehead atoms. The first kappa shape index (κ1) is 23.2. The molecule has 168 valence electrons. The summed E-state index contributed by atoms with van der Waals surface area (Å²) in [5.41, 5.74) is 6.41. The average molecular weight is 445 g/mol. The van der Waals surface area contributed by atoms with Crippen LogP contribution in [0.2, 0.25) is 0 Å². The van der Waals surface area contributed by atoms with Gasteiger partial charge in [-0.15, -0.1) is 11.3 Å². The minimum atomic E-state index is -0.540. The monoisotopic (exact) mass is 444 g/mol. The molecule has 0 aliphatic carbocycles. The number of rotatable bonds is 8. The summed E-state index contributed by atoms with van der Waals surface area (Å²) >= 11 is 1.59. The van der Waals surface area contributed by atoms with E-state index < -0.39 is 12.1 Å². The molecular weight excluding hydrogens is 412 g/mol. The minimum Gasteiger partial charge on any atom is -0.392 e. The molecule has 2 aromatic rings. The number of aryl methyl sites for hydroxylation is 1. The molecule has 3 atom stereocenters. The first-order chi connectivity index (χ1) is 14.7. The molecule has 1 aliphatic heterocycles. The van der Waals surface area contributed by atoms with Gasteiger partial charge in [0.15, 0.2) is 5.75 Å². The zero-order chi connectivity index (χ0) is 22.6. The van der Waals surface area contributed by atoms with Gasteiger partial charge >= 0.3 is 0 Å². The molecule has 3 rings (SSSR count). The third-order valence-corrected chi connectivity index (χ3v) is 6.57. The van der Waals surface area contributed by atoms with Crippen molar-refractivity contribution in [3.8, 4) is 16.2 Å². The number of hydrogen-bond donors (Lipinski definition) is 3. The molecule has 7 nitrogen and oxygen atoms in total. The standard InChI is InChI=1S/C23H32N4O3S/c1-6-24-20(23(3,4)5)13-27-12-17(28)11-19(27)22(29)26-30-18-9-7-16(8-10-18)21-15(2)25-14-31-21/h6-10,14,17,19-20,24,28H,1,11-13H2,2-5H3,(H,26,29)/t17-,19+,20-/m1/s1. The second-order valence-corrected chi connectivity index (χ2v) is 9.86. The van der Waals surface area contributed by atoms with Crippen LogP contribution in [0.1, 0.15) is 32.9 Å². The van der Waals surface area contributed by atoms with Gasteiger partial charge in [-0.3, -0.25) is 9.69 Å². The van der Waals surface area contributed by atoms with Crippen LogP contribution < -0.4 is 15.6 Å². The van der Waals surface area contributed by atoms with E-state index in [1.54, 1.807) is 17.5 Å². The van der Waals surface area contributed by atoms with E-state index in [0.29, 0.717) is 25.3 Å². The quantitative estimate of drug-likeness (QED) is 0.543. The highest BCUT2D eigenvalue weighted by atomic mass is 32.1. The molecule has 0 unspecified atom stereocenters. The van der Waals surface area contributed by atoms with Crippen molar-refractivity contribution in [1.82, 2.24) is 20.7 Å². The van der Waals surface area contributed by atoms with E-state index in [-0.39, 0.29) is 17.4 Å². The number of likely N-dealkylation sites (tertiary alicyclic amines) is 1. The number of carbonyl (C=O) groups excluding carboxylic acids is 1. The number of amides is 1. The van der Waals surface area contributed by atoms with Crippen LogP contribution in [0, 0.1) is 12.3 Å². The van der Waals surface area contributed by atoms with E-state index in [2.05, 4.69) is 43.1 Å². The van der Waals surface area contributed by atoms with E-state index >= 15 is 0 Å². The van der Waals surface area contributed by atoms with Crippen LogP contribution in [0.15, 0.2) is 42.6 Å². The first-order valence-electron chi connectivity index (χ1n) is 10.5. The molecule has 2 heterocycles. The molecule has 0 radical (unpaired) electrons.